The molecular formula is C21H21FN6O4S. The van der Waals surface area contributed by atoms with Crippen molar-refractivity contribution in [1.29, 1.82) is 5.26 Å². The van der Waals surface area contributed by atoms with Crippen LogP contribution in [0, 0.1) is 17.1 Å². The Labute approximate surface area is 190 Å². The largest absolute Gasteiger partial charge is 0.495 e. The first-order valence-electron chi connectivity index (χ1n) is 9.60. The van der Waals surface area contributed by atoms with E-state index in [1.165, 1.54) is 25.3 Å². The molecule has 2 aromatic carbocycles. The highest BCUT2D eigenvalue weighted by Crippen LogP contribution is 2.28. The van der Waals surface area contributed by atoms with Gasteiger partial charge in [-0.1, -0.05) is 0 Å². The van der Waals surface area contributed by atoms with Crippen LogP contribution in [-0.2, 0) is 10.0 Å². The van der Waals surface area contributed by atoms with E-state index in [9.17, 15) is 12.8 Å². The third kappa shape index (κ3) is 6.28. The number of methoxy groups -OCH3 is 1. The van der Waals surface area contributed by atoms with Crippen molar-refractivity contribution < 1.29 is 22.3 Å². The number of halogens is 1. The molecule has 33 heavy (non-hydrogen) atoms. The van der Waals surface area contributed by atoms with Gasteiger partial charge in [0.1, 0.15) is 22.5 Å². The number of primary sulfonamides is 1. The molecule has 3 aromatic rings. The van der Waals surface area contributed by atoms with Gasteiger partial charge in [0.15, 0.2) is 11.6 Å². The minimum Gasteiger partial charge on any atom is -0.495 e. The molecule has 4 N–H and O–H groups in total. The van der Waals surface area contributed by atoms with Gasteiger partial charge in [0, 0.05) is 17.4 Å². The number of rotatable bonds is 9. The summed E-state index contributed by atoms with van der Waals surface area (Å²) in [5, 5.41) is 19.6. The van der Waals surface area contributed by atoms with Gasteiger partial charge in [0.25, 0.3) is 0 Å². The van der Waals surface area contributed by atoms with Crippen LogP contribution < -0.4 is 25.2 Å². The molecule has 1 aromatic heterocycles. The van der Waals surface area contributed by atoms with E-state index in [1.54, 1.807) is 31.2 Å². The Hall–Kier alpha value is -3.95. The molecule has 0 aliphatic rings. The number of nitriles is 1. The second-order valence-electron chi connectivity index (χ2n) is 6.87. The highest BCUT2D eigenvalue weighted by Gasteiger charge is 2.16. The Kier molecular flexibility index (Phi) is 7.27. The van der Waals surface area contributed by atoms with Gasteiger partial charge in [-0.3, -0.25) is 0 Å². The molecule has 0 radical (unpaired) electrons. The summed E-state index contributed by atoms with van der Waals surface area (Å²) >= 11 is 0. The highest BCUT2D eigenvalue weighted by atomic mass is 32.2. The van der Waals surface area contributed by atoms with Crippen LogP contribution in [0.25, 0.3) is 0 Å². The SMILES string of the molecule is COc1cc(Nc2ncc(F)c(Nc3ccc(OC(C)CC#N)cc3)n2)ccc1S(N)(=O)=O. The van der Waals surface area contributed by atoms with Gasteiger partial charge in [-0.05, 0) is 43.3 Å². The molecule has 10 nitrogen and oxygen atoms in total. The van der Waals surface area contributed by atoms with Crippen LogP contribution in [0.2, 0.25) is 0 Å². The summed E-state index contributed by atoms with van der Waals surface area (Å²) in [6, 6.07) is 12.9. The molecule has 0 spiro atoms. The molecule has 0 saturated carbocycles. The second-order valence-corrected chi connectivity index (χ2v) is 8.40. The smallest absolute Gasteiger partial charge is 0.241 e. The normalized spacial score (nSPS) is 11.8. The fraction of sp³-hybridized carbons (Fsp3) is 0.190. The molecule has 0 fully saturated rings. The highest BCUT2D eigenvalue weighted by molar-refractivity contribution is 7.89. The van der Waals surface area contributed by atoms with Crippen molar-refractivity contribution in [3.63, 3.8) is 0 Å². The molecule has 1 unspecified atom stereocenters. The van der Waals surface area contributed by atoms with Gasteiger partial charge in [0.2, 0.25) is 16.0 Å². The minimum atomic E-state index is -3.96. The lowest BCUT2D eigenvalue weighted by Crippen LogP contribution is -2.13. The minimum absolute atomic E-state index is 0.0364. The Balaban J connectivity index is 1.76. The van der Waals surface area contributed by atoms with Gasteiger partial charge in [0.05, 0.1) is 25.8 Å². The molecule has 0 bridgehead atoms. The van der Waals surface area contributed by atoms with Crippen molar-refractivity contribution in [3.8, 4) is 17.6 Å². The van der Waals surface area contributed by atoms with Gasteiger partial charge >= 0.3 is 0 Å². The summed E-state index contributed by atoms with van der Waals surface area (Å²) in [7, 11) is -2.65. The van der Waals surface area contributed by atoms with Crippen LogP contribution in [0.4, 0.5) is 27.5 Å². The van der Waals surface area contributed by atoms with Gasteiger partial charge in [-0.15, -0.1) is 0 Å². The Bertz CT molecular complexity index is 1280. The summed E-state index contributed by atoms with van der Waals surface area (Å²) in [5.74, 6) is -0.0764. The van der Waals surface area contributed by atoms with E-state index in [4.69, 9.17) is 19.9 Å². The lowest BCUT2D eigenvalue weighted by atomic mass is 10.2. The van der Waals surface area contributed by atoms with E-state index in [0.29, 0.717) is 17.1 Å². The van der Waals surface area contributed by atoms with Crippen LogP contribution in [-0.4, -0.2) is 31.6 Å². The maximum absolute atomic E-state index is 14.3. The zero-order chi connectivity index (χ0) is 24.0. The third-order valence-electron chi connectivity index (χ3n) is 4.30. The van der Waals surface area contributed by atoms with E-state index in [2.05, 4.69) is 20.6 Å². The maximum atomic E-state index is 14.3. The number of sulfonamides is 1. The number of hydrogen-bond acceptors (Lipinski definition) is 9. The average Bonchev–Trinajstić information content (AvgIpc) is 2.76. The Morgan fingerprint density at radius 1 is 1.18 bits per heavy atom. The molecule has 0 aliphatic carbocycles. The second kappa shape index (κ2) is 10.1. The van der Waals surface area contributed by atoms with Crippen LogP contribution in [0.1, 0.15) is 13.3 Å². The van der Waals surface area contributed by atoms with Crippen LogP contribution in [0.3, 0.4) is 0 Å². The standard InChI is InChI=1S/C21H21FN6O4S/c1-13(9-10-23)32-16-6-3-14(4-7-16)26-20-17(22)12-25-21(28-20)27-15-5-8-19(33(24,29)30)18(11-15)31-2/h3-8,11-13H,9H2,1-2H3,(H2,24,29,30)(H2,25,26,27,28). The lowest BCUT2D eigenvalue weighted by Gasteiger charge is -2.13. The van der Waals surface area contributed by atoms with Crippen molar-refractivity contribution in [2.75, 3.05) is 17.7 Å². The Morgan fingerprint density at radius 2 is 1.88 bits per heavy atom. The number of anilines is 4. The van der Waals surface area contributed by atoms with Gasteiger partial charge in [-0.2, -0.15) is 10.2 Å². The Morgan fingerprint density at radius 3 is 2.52 bits per heavy atom. The molecule has 3 rings (SSSR count). The monoisotopic (exact) mass is 472 g/mol. The maximum Gasteiger partial charge on any atom is 0.241 e. The molecular weight excluding hydrogens is 451 g/mol. The fourth-order valence-corrected chi connectivity index (χ4v) is 3.46. The number of nitrogens with zero attached hydrogens (tertiary/aromatic N) is 3. The molecule has 0 aliphatic heterocycles. The molecule has 1 heterocycles. The van der Waals surface area contributed by atoms with E-state index in [0.717, 1.165) is 6.20 Å². The summed E-state index contributed by atoms with van der Waals surface area (Å²) < 4.78 is 48.2. The topological polar surface area (TPSA) is 152 Å². The van der Waals surface area contributed by atoms with Gasteiger partial charge < -0.3 is 20.1 Å². The van der Waals surface area contributed by atoms with Crippen LogP contribution in [0.5, 0.6) is 11.5 Å². The third-order valence-corrected chi connectivity index (χ3v) is 5.25. The first kappa shape index (κ1) is 23.7. The quantitative estimate of drug-likeness (QED) is 0.425. The van der Waals surface area contributed by atoms with Crippen LogP contribution >= 0.6 is 0 Å². The summed E-state index contributed by atoms with van der Waals surface area (Å²) in [6.45, 7) is 1.79. The van der Waals surface area contributed by atoms with Crippen molar-refractivity contribution in [1.82, 2.24) is 9.97 Å². The van der Waals surface area contributed by atoms with Crippen molar-refractivity contribution in [3.05, 3.63) is 54.5 Å². The van der Waals surface area contributed by atoms with Crippen molar-refractivity contribution in [2.45, 2.75) is 24.3 Å². The number of benzene rings is 2. The zero-order valence-corrected chi connectivity index (χ0v) is 18.6. The molecule has 0 saturated heterocycles. The molecule has 0 amide bonds. The van der Waals surface area contributed by atoms with Gasteiger partial charge in [-0.25, -0.2) is 22.9 Å². The lowest BCUT2D eigenvalue weighted by molar-refractivity contribution is 0.227. The zero-order valence-electron chi connectivity index (χ0n) is 17.7. The predicted molar refractivity (Wildman–Crippen MR) is 120 cm³/mol. The van der Waals surface area contributed by atoms with E-state index < -0.39 is 15.8 Å². The first-order valence-corrected chi connectivity index (χ1v) is 11.2. The van der Waals surface area contributed by atoms with E-state index in [-0.39, 0.29) is 34.9 Å². The summed E-state index contributed by atoms with van der Waals surface area (Å²) in [6.07, 6.45) is 1.01. The van der Waals surface area contributed by atoms with Crippen molar-refractivity contribution in [2.24, 2.45) is 5.14 Å². The number of nitrogens with one attached hydrogen (secondary N) is 2. The van der Waals surface area contributed by atoms with Crippen molar-refractivity contribution >= 4 is 33.2 Å². The molecule has 1 atom stereocenters. The fourth-order valence-electron chi connectivity index (χ4n) is 2.78. The average molecular weight is 473 g/mol. The number of aromatic nitrogens is 2. The summed E-state index contributed by atoms with van der Waals surface area (Å²) in [5.41, 5.74) is 0.961. The van der Waals surface area contributed by atoms with E-state index >= 15 is 0 Å². The van der Waals surface area contributed by atoms with E-state index in [1.807, 2.05) is 6.07 Å². The molecule has 12 heteroatoms. The summed E-state index contributed by atoms with van der Waals surface area (Å²) in [4.78, 5) is 7.85. The number of ether oxygens (including phenoxy) is 2. The number of hydrogen-bond donors (Lipinski definition) is 3. The van der Waals surface area contributed by atoms with Crippen LogP contribution in [0.15, 0.2) is 53.6 Å². The predicted octanol–water partition coefficient (Wildman–Crippen LogP) is 3.44. The first-order chi connectivity index (χ1) is 15.7. The number of nitrogens with two attached hydrogens (primary N) is 1. The molecule has 172 valence electrons.